The van der Waals surface area contributed by atoms with Crippen LogP contribution < -0.4 is 10.6 Å². The van der Waals surface area contributed by atoms with Gasteiger partial charge in [-0.15, -0.1) is 0 Å². The maximum Gasteiger partial charge on any atom is 0.0762 e. The molecule has 0 radical (unpaired) electrons. The molecule has 1 saturated carbocycles. The molecule has 0 bridgehead atoms. The summed E-state index contributed by atoms with van der Waals surface area (Å²) in [5.41, 5.74) is 1.52. The van der Waals surface area contributed by atoms with E-state index in [2.05, 4.69) is 34.9 Å². The van der Waals surface area contributed by atoms with Crippen molar-refractivity contribution in [2.24, 2.45) is 5.92 Å². The Hall–Kier alpha value is -0.870. The van der Waals surface area contributed by atoms with E-state index in [1.54, 1.807) is 0 Å². The van der Waals surface area contributed by atoms with Crippen molar-refractivity contribution >= 4 is 0 Å². The first-order valence-corrected chi connectivity index (χ1v) is 6.80. The highest BCUT2D eigenvalue weighted by atomic mass is 15.3. The summed E-state index contributed by atoms with van der Waals surface area (Å²) < 4.78 is 1.99. The highest BCUT2D eigenvalue weighted by Gasteiger charge is 2.45. The van der Waals surface area contributed by atoms with Crippen LogP contribution >= 0.6 is 0 Å². The summed E-state index contributed by atoms with van der Waals surface area (Å²) in [5.74, 6) is 0.829. The van der Waals surface area contributed by atoms with Crippen LogP contribution in [0.5, 0.6) is 0 Å². The summed E-state index contributed by atoms with van der Waals surface area (Å²) >= 11 is 0. The van der Waals surface area contributed by atoms with Gasteiger partial charge in [0.2, 0.25) is 0 Å². The SMILES string of the molecule is CCn1ccc(CN[C@]23CCC[C@H]2CNC3)n1. The second kappa shape index (κ2) is 4.42. The lowest BCUT2D eigenvalue weighted by molar-refractivity contribution is 0.302. The van der Waals surface area contributed by atoms with Crippen molar-refractivity contribution in [1.82, 2.24) is 20.4 Å². The van der Waals surface area contributed by atoms with Gasteiger partial charge < -0.3 is 10.6 Å². The first-order chi connectivity index (χ1) is 8.32. The Kier molecular flexibility index (Phi) is 2.92. The van der Waals surface area contributed by atoms with Crippen molar-refractivity contribution in [2.45, 2.75) is 44.8 Å². The van der Waals surface area contributed by atoms with Crippen molar-refractivity contribution in [3.05, 3.63) is 18.0 Å². The van der Waals surface area contributed by atoms with Gasteiger partial charge in [0.15, 0.2) is 0 Å². The third-order valence-corrected chi connectivity index (χ3v) is 4.43. The molecular weight excluding hydrogens is 212 g/mol. The fourth-order valence-corrected chi connectivity index (χ4v) is 3.38. The second-order valence-corrected chi connectivity index (χ2v) is 5.39. The van der Waals surface area contributed by atoms with Gasteiger partial charge in [-0.3, -0.25) is 4.68 Å². The van der Waals surface area contributed by atoms with Gasteiger partial charge in [-0.1, -0.05) is 6.42 Å². The lowest BCUT2D eigenvalue weighted by Crippen LogP contribution is -2.48. The number of hydrogen-bond donors (Lipinski definition) is 2. The molecule has 0 spiro atoms. The first-order valence-electron chi connectivity index (χ1n) is 6.80. The summed E-state index contributed by atoms with van der Waals surface area (Å²) in [7, 11) is 0. The molecule has 1 aliphatic heterocycles. The molecule has 94 valence electrons. The Morgan fingerprint density at radius 2 is 2.59 bits per heavy atom. The van der Waals surface area contributed by atoms with Crippen molar-refractivity contribution in [1.29, 1.82) is 0 Å². The zero-order valence-corrected chi connectivity index (χ0v) is 10.6. The summed E-state index contributed by atoms with van der Waals surface area (Å²) in [6.45, 7) is 6.31. The van der Waals surface area contributed by atoms with Crippen LogP contribution in [0.4, 0.5) is 0 Å². The van der Waals surface area contributed by atoms with E-state index in [1.807, 2.05) is 4.68 Å². The average Bonchev–Trinajstić information content (AvgIpc) is 3.01. The van der Waals surface area contributed by atoms with Crippen LogP contribution in [0, 0.1) is 5.92 Å². The first kappa shape index (κ1) is 11.2. The summed E-state index contributed by atoms with van der Waals surface area (Å²) in [5, 5.41) is 11.8. The average molecular weight is 234 g/mol. The molecule has 1 saturated heterocycles. The van der Waals surface area contributed by atoms with Gasteiger partial charge in [-0.25, -0.2) is 0 Å². The lowest BCUT2D eigenvalue weighted by Gasteiger charge is -2.29. The highest BCUT2D eigenvalue weighted by molar-refractivity contribution is 5.08. The molecule has 3 rings (SSSR count). The van der Waals surface area contributed by atoms with Gasteiger partial charge in [-0.2, -0.15) is 5.10 Å². The minimum Gasteiger partial charge on any atom is -0.315 e. The van der Waals surface area contributed by atoms with E-state index >= 15 is 0 Å². The van der Waals surface area contributed by atoms with Crippen LogP contribution in [0.1, 0.15) is 31.9 Å². The maximum atomic E-state index is 4.53. The van der Waals surface area contributed by atoms with Gasteiger partial charge in [0.05, 0.1) is 5.69 Å². The van der Waals surface area contributed by atoms with Crippen molar-refractivity contribution < 1.29 is 0 Å². The minimum absolute atomic E-state index is 0.357. The van der Waals surface area contributed by atoms with Crippen LogP contribution in [0.3, 0.4) is 0 Å². The molecule has 2 fully saturated rings. The zero-order chi connectivity index (χ0) is 11.7. The molecule has 0 unspecified atom stereocenters. The number of aromatic nitrogens is 2. The van der Waals surface area contributed by atoms with Gasteiger partial charge in [0.25, 0.3) is 0 Å². The predicted octanol–water partition coefficient (Wildman–Crippen LogP) is 1.13. The Balaban J connectivity index is 1.63. The van der Waals surface area contributed by atoms with Crippen LogP contribution in [0.25, 0.3) is 0 Å². The topological polar surface area (TPSA) is 41.9 Å². The second-order valence-electron chi connectivity index (χ2n) is 5.39. The lowest BCUT2D eigenvalue weighted by atomic mass is 9.90. The largest absolute Gasteiger partial charge is 0.315 e. The Bertz CT molecular complexity index is 375. The van der Waals surface area contributed by atoms with E-state index in [-0.39, 0.29) is 0 Å². The van der Waals surface area contributed by atoms with Gasteiger partial charge in [0.1, 0.15) is 0 Å². The van der Waals surface area contributed by atoms with E-state index in [0.717, 1.165) is 25.6 Å². The number of nitrogens with one attached hydrogen (secondary N) is 2. The molecule has 17 heavy (non-hydrogen) atoms. The zero-order valence-electron chi connectivity index (χ0n) is 10.6. The molecule has 0 amide bonds. The van der Waals surface area contributed by atoms with E-state index in [9.17, 15) is 0 Å². The van der Waals surface area contributed by atoms with E-state index in [1.165, 1.54) is 31.5 Å². The number of hydrogen-bond acceptors (Lipinski definition) is 3. The van der Waals surface area contributed by atoms with Crippen LogP contribution in [0.15, 0.2) is 12.3 Å². The molecule has 2 atom stereocenters. The Morgan fingerprint density at radius 1 is 1.65 bits per heavy atom. The molecule has 1 aliphatic carbocycles. The fraction of sp³-hybridized carbons (Fsp3) is 0.769. The molecule has 1 aromatic rings. The summed E-state index contributed by atoms with van der Waals surface area (Å²) in [4.78, 5) is 0. The Morgan fingerprint density at radius 3 is 3.41 bits per heavy atom. The minimum atomic E-state index is 0.357. The summed E-state index contributed by atoms with van der Waals surface area (Å²) in [6, 6.07) is 2.12. The normalized spacial score (nSPS) is 31.9. The standard InChI is InChI=1S/C13H22N4/c1-2-17-7-5-12(16-17)9-15-13-6-3-4-11(13)8-14-10-13/h5,7,11,14-15H,2-4,6,8-10H2,1H3/t11-,13-/m0/s1. The number of nitrogens with zero attached hydrogens (tertiary/aromatic N) is 2. The molecule has 4 nitrogen and oxygen atoms in total. The maximum absolute atomic E-state index is 4.53. The molecule has 1 aromatic heterocycles. The van der Waals surface area contributed by atoms with Crippen LogP contribution in [0.2, 0.25) is 0 Å². The Labute approximate surface area is 103 Å². The molecule has 2 aliphatic rings. The quantitative estimate of drug-likeness (QED) is 0.821. The highest BCUT2D eigenvalue weighted by Crippen LogP contribution is 2.38. The third-order valence-electron chi connectivity index (χ3n) is 4.43. The molecule has 2 N–H and O–H groups in total. The van der Waals surface area contributed by atoms with Gasteiger partial charge in [-0.05, 0) is 38.3 Å². The molecule has 4 heteroatoms. The van der Waals surface area contributed by atoms with Gasteiger partial charge in [0, 0.05) is 31.4 Å². The smallest absolute Gasteiger partial charge is 0.0762 e. The molecule has 0 aromatic carbocycles. The predicted molar refractivity (Wildman–Crippen MR) is 67.7 cm³/mol. The van der Waals surface area contributed by atoms with Crippen molar-refractivity contribution in [3.8, 4) is 0 Å². The van der Waals surface area contributed by atoms with E-state index < -0.39 is 0 Å². The van der Waals surface area contributed by atoms with Gasteiger partial charge >= 0.3 is 0 Å². The third kappa shape index (κ3) is 2.00. The van der Waals surface area contributed by atoms with Crippen LogP contribution in [-0.2, 0) is 13.1 Å². The van der Waals surface area contributed by atoms with Crippen molar-refractivity contribution in [3.63, 3.8) is 0 Å². The number of fused-ring (bicyclic) bond motifs is 1. The molecule has 2 heterocycles. The fourth-order valence-electron chi connectivity index (χ4n) is 3.38. The van der Waals surface area contributed by atoms with Crippen LogP contribution in [-0.4, -0.2) is 28.4 Å². The number of aryl methyl sites for hydroxylation is 1. The van der Waals surface area contributed by atoms with E-state index in [4.69, 9.17) is 0 Å². The summed E-state index contributed by atoms with van der Waals surface area (Å²) in [6.07, 6.45) is 6.14. The monoisotopic (exact) mass is 234 g/mol. The van der Waals surface area contributed by atoms with Crippen molar-refractivity contribution in [2.75, 3.05) is 13.1 Å². The number of rotatable bonds is 4. The van der Waals surface area contributed by atoms with E-state index in [0.29, 0.717) is 5.54 Å². The molecular formula is C13H22N4.